The van der Waals surface area contributed by atoms with E-state index in [1.807, 2.05) is 28.8 Å². The van der Waals surface area contributed by atoms with E-state index in [1.54, 1.807) is 38.5 Å². The van der Waals surface area contributed by atoms with Crippen molar-refractivity contribution < 1.29 is 17.9 Å². The second-order valence-corrected chi connectivity index (χ2v) is 9.25. The fourth-order valence-corrected chi connectivity index (χ4v) is 4.24. The second-order valence-electron chi connectivity index (χ2n) is 6.21. The first-order valence-electron chi connectivity index (χ1n) is 8.63. The van der Waals surface area contributed by atoms with Gasteiger partial charge in [0.15, 0.2) is 11.0 Å². The lowest BCUT2D eigenvalue weighted by Gasteiger charge is -2.14. The quantitative estimate of drug-likeness (QED) is 0.398. The van der Waals surface area contributed by atoms with Crippen LogP contribution >= 0.6 is 11.8 Å². The van der Waals surface area contributed by atoms with Gasteiger partial charge in [0.25, 0.3) is 0 Å². The smallest absolute Gasteiger partial charge is 0.242 e. The van der Waals surface area contributed by atoms with E-state index in [-0.39, 0.29) is 4.90 Å². The Bertz CT molecular complexity index is 1100. The second kappa shape index (κ2) is 8.95. The van der Waals surface area contributed by atoms with Crippen LogP contribution in [0.15, 0.2) is 58.6 Å². The molecule has 0 radical (unpaired) electrons. The fraction of sp³-hybridized carbons (Fsp3) is 0.263. The Morgan fingerprint density at radius 1 is 1.07 bits per heavy atom. The van der Waals surface area contributed by atoms with Gasteiger partial charge in [0.05, 0.1) is 23.6 Å². The van der Waals surface area contributed by atoms with Gasteiger partial charge in [-0.3, -0.25) is 4.57 Å². The molecule has 3 rings (SSSR count). The van der Waals surface area contributed by atoms with Gasteiger partial charge >= 0.3 is 0 Å². The van der Waals surface area contributed by atoms with Crippen molar-refractivity contribution >= 4 is 21.8 Å². The Labute approximate surface area is 174 Å². The molecule has 0 aliphatic heterocycles. The number of hydrogen-bond acceptors (Lipinski definition) is 7. The van der Waals surface area contributed by atoms with Gasteiger partial charge in [0.1, 0.15) is 5.75 Å². The van der Waals surface area contributed by atoms with Crippen LogP contribution in [0.1, 0.15) is 0 Å². The van der Waals surface area contributed by atoms with Crippen LogP contribution in [0.5, 0.6) is 5.75 Å². The number of methoxy groups -OCH3 is 2. The highest BCUT2D eigenvalue weighted by Gasteiger charge is 2.21. The summed E-state index contributed by atoms with van der Waals surface area (Å²) in [4.78, 5) is 0.186. The van der Waals surface area contributed by atoms with E-state index < -0.39 is 10.0 Å². The van der Waals surface area contributed by atoms with Crippen molar-refractivity contribution in [3.8, 4) is 22.8 Å². The summed E-state index contributed by atoms with van der Waals surface area (Å²) in [6.45, 7) is 0. The SMILES string of the molecule is COCSc1nnc(-c2cccc(S(=O)(=O)N(C)C)c2)n1-c1cccc(OC)c1. The number of benzene rings is 2. The van der Waals surface area contributed by atoms with Gasteiger partial charge in [-0.2, -0.15) is 0 Å². The van der Waals surface area contributed by atoms with Crippen LogP contribution in [0.2, 0.25) is 0 Å². The molecule has 0 atom stereocenters. The number of sulfonamides is 1. The van der Waals surface area contributed by atoms with Crippen molar-refractivity contribution in [2.45, 2.75) is 10.1 Å². The Hall–Kier alpha value is -2.40. The summed E-state index contributed by atoms with van der Waals surface area (Å²) in [5.41, 5.74) is 1.43. The van der Waals surface area contributed by atoms with E-state index >= 15 is 0 Å². The zero-order chi connectivity index (χ0) is 21.0. The third kappa shape index (κ3) is 4.45. The lowest BCUT2D eigenvalue weighted by atomic mass is 10.2. The summed E-state index contributed by atoms with van der Waals surface area (Å²) in [5, 5.41) is 9.23. The molecule has 0 unspecified atom stereocenters. The topological polar surface area (TPSA) is 86.5 Å². The minimum absolute atomic E-state index is 0.186. The maximum Gasteiger partial charge on any atom is 0.242 e. The monoisotopic (exact) mass is 434 g/mol. The van der Waals surface area contributed by atoms with E-state index in [2.05, 4.69) is 10.2 Å². The van der Waals surface area contributed by atoms with Gasteiger partial charge < -0.3 is 9.47 Å². The minimum Gasteiger partial charge on any atom is -0.497 e. The molecule has 8 nitrogen and oxygen atoms in total. The molecular weight excluding hydrogens is 412 g/mol. The number of ether oxygens (including phenoxy) is 2. The van der Waals surface area contributed by atoms with Gasteiger partial charge in [-0.05, 0) is 24.3 Å². The maximum absolute atomic E-state index is 12.5. The largest absolute Gasteiger partial charge is 0.497 e. The highest BCUT2D eigenvalue weighted by atomic mass is 32.2. The van der Waals surface area contributed by atoms with Crippen molar-refractivity contribution in [3.63, 3.8) is 0 Å². The van der Waals surface area contributed by atoms with Crippen LogP contribution in [0.25, 0.3) is 17.1 Å². The zero-order valence-electron chi connectivity index (χ0n) is 16.6. The van der Waals surface area contributed by atoms with Crippen molar-refractivity contribution in [1.82, 2.24) is 19.1 Å². The molecule has 154 valence electrons. The van der Waals surface area contributed by atoms with Crippen LogP contribution in [0, 0.1) is 0 Å². The van der Waals surface area contributed by atoms with Crippen molar-refractivity contribution in [2.24, 2.45) is 0 Å². The summed E-state index contributed by atoms with van der Waals surface area (Å²) in [5.74, 6) is 1.61. The summed E-state index contributed by atoms with van der Waals surface area (Å²) >= 11 is 1.39. The maximum atomic E-state index is 12.5. The van der Waals surface area contributed by atoms with E-state index in [0.717, 1.165) is 5.69 Å². The lowest BCUT2D eigenvalue weighted by Crippen LogP contribution is -2.22. The molecule has 0 bridgehead atoms. The summed E-state index contributed by atoms with van der Waals surface area (Å²) in [7, 11) is 2.63. The molecule has 1 aromatic heterocycles. The molecule has 0 N–H and O–H groups in total. The van der Waals surface area contributed by atoms with Gasteiger partial charge in [0, 0.05) is 32.8 Å². The Balaban J connectivity index is 2.17. The third-order valence-electron chi connectivity index (χ3n) is 4.12. The van der Waals surface area contributed by atoms with E-state index in [4.69, 9.17) is 9.47 Å². The van der Waals surface area contributed by atoms with Crippen LogP contribution in [0.3, 0.4) is 0 Å². The number of nitrogens with zero attached hydrogens (tertiary/aromatic N) is 4. The normalized spacial score (nSPS) is 11.8. The minimum atomic E-state index is -3.57. The first kappa shape index (κ1) is 21.3. The van der Waals surface area contributed by atoms with Crippen LogP contribution < -0.4 is 4.74 Å². The van der Waals surface area contributed by atoms with Gasteiger partial charge in [-0.15, -0.1) is 10.2 Å². The molecular formula is C19H22N4O4S2. The lowest BCUT2D eigenvalue weighted by molar-refractivity contribution is 0.258. The number of aromatic nitrogens is 3. The molecule has 1 heterocycles. The molecule has 29 heavy (non-hydrogen) atoms. The molecule has 0 spiro atoms. The van der Waals surface area contributed by atoms with E-state index in [9.17, 15) is 8.42 Å². The van der Waals surface area contributed by atoms with Crippen LogP contribution in [0.4, 0.5) is 0 Å². The molecule has 0 fully saturated rings. The molecule has 2 aromatic carbocycles. The molecule has 10 heteroatoms. The van der Waals surface area contributed by atoms with E-state index in [1.165, 1.54) is 30.2 Å². The van der Waals surface area contributed by atoms with Gasteiger partial charge in [-0.25, -0.2) is 12.7 Å². The van der Waals surface area contributed by atoms with Crippen molar-refractivity contribution in [2.75, 3.05) is 34.3 Å². The highest BCUT2D eigenvalue weighted by Crippen LogP contribution is 2.30. The highest BCUT2D eigenvalue weighted by molar-refractivity contribution is 7.99. The Morgan fingerprint density at radius 2 is 1.83 bits per heavy atom. The molecule has 0 saturated heterocycles. The summed E-state index contributed by atoms with van der Waals surface area (Å²) < 4.78 is 38.6. The fourth-order valence-electron chi connectivity index (χ4n) is 2.65. The zero-order valence-corrected chi connectivity index (χ0v) is 18.2. The molecule has 0 saturated carbocycles. The predicted molar refractivity (Wildman–Crippen MR) is 112 cm³/mol. The molecule has 0 amide bonds. The van der Waals surface area contributed by atoms with Crippen molar-refractivity contribution in [3.05, 3.63) is 48.5 Å². The first-order valence-corrected chi connectivity index (χ1v) is 11.1. The molecule has 0 aliphatic rings. The van der Waals surface area contributed by atoms with Gasteiger partial charge in [0.2, 0.25) is 10.0 Å². The number of hydrogen-bond donors (Lipinski definition) is 0. The standard InChI is InChI=1S/C19H22N4O4S2/c1-22(2)29(24,25)17-10-5-7-14(11-17)18-20-21-19(28-13-26-3)23(18)15-8-6-9-16(12-15)27-4/h5-12H,13H2,1-4H3. The van der Waals surface area contributed by atoms with E-state index in [0.29, 0.717) is 28.2 Å². The third-order valence-corrected chi connectivity index (χ3v) is 6.81. The molecule has 0 aliphatic carbocycles. The first-order chi connectivity index (χ1) is 13.9. The predicted octanol–water partition coefficient (Wildman–Crippen LogP) is 2.89. The Kier molecular flexibility index (Phi) is 6.58. The van der Waals surface area contributed by atoms with Crippen LogP contribution in [-0.2, 0) is 14.8 Å². The summed E-state index contributed by atoms with van der Waals surface area (Å²) in [6, 6.07) is 14.1. The number of thioether (sulfide) groups is 1. The van der Waals surface area contributed by atoms with Gasteiger partial charge in [-0.1, -0.05) is 30.0 Å². The van der Waals surface area contributed by atoms with Crippen molar-refractivity contribution in [1.29, 1.82) is 0 Å². The molecule has 3 aromatic rings. The Morgan fingerprint density at radius 3 is 2.52 bits per heavy atom. The van der Waals surface area contributed by atoms with Crippen LogP contribution in [-0.4, -0.2) is 61.7 Å². The summed E-state index contributed by atoms with van der Waals surface area (Å²) in [6.07, 6.45) is 0. The number of rotatable bonds is 8. The average Bonchev–Trinajstić information content (AvgIpc) is 3.16. The average molecular weight is 435 g/mol.